The lowest BCUT2D eigenvalue weighted by Gasteiger charge is -2.29. The van der Waals surface area contributed by atoms with Gasteiger partial charge in [-0.15, -0.1) is 0 Å². The summed E-state index contributed by atoms with van der Waals surface area (Å²) >= 11 is 0. The fraction of sp³-hybridized carbons (Fsp3) is 0.692. The van der Waals surface area contributed by atoms with E-state index in [1.807, 2.05) is 13.8 Å². The molecule has 1 aromatic rings. The molecule has 0 bridgehead atoms. The van der Waals surface area contributed by atoms with Crippen molar-refractivity contribution >= 4 is 5.91 Å². The van der Waals surface area contributed by atoms with Gasteiger partial charge in [-0.2, -0.15) is 0 Å². The minimum absolute atomic E-state index is 0.0355. The fourth-order valence-electron chi connectivity index (χ4n) is 2.63. The van der Waals surface area contributed by atoms with Gasteiger partial charge < -0.3 is 16.0 Å². The minimum atomic E-state index is -0.431. The highest BCUT2D eigenvalue weighted by Crippen LogP contribution is 2.37. The Labute approximate surface area is 108 Å². The lowest BCUT2D eigenvalue weighted by molar-refractivity contribution is -0.131. The number of nitrogens with two attached hydrogens (primary N) is 1. The molecule has 18 heavy (non-hydrogen) atoms. The molecule has 1 saturated carbocycles. The van der Waals surface area contributed by atoms with Crippen molar-refractivity contribution < 1.29 is 4.79 Å². The zero-order valence-electron chi connectivity index (χ0n) is 11.1. The van der Waals surface area contributed by atoms with Gasteiger partial charge in [-0.1, -0.05) is 13.3 Å². The average Bonchev–Trinajstić information content (AvgIpc) is 2.98. The van der Waals surface area contributed by atoms with Crippen LogP contribution < -0.4 is 11.1 Å². The van der Waals surface area contributed by atoms with Gasteiger partial charge in [-0.25, -0.2) is 4.98 Å². The van der Waals surface area contributed by atoms with Crippen LogP contribution in [0.3, 0.4) is 0 Å². The standard InChI is InChI=1S/C13H22N4O/c1-3-9(11-15-7-8-16-11)17-12(18)13(2)6-4-5-10(13)14/h7-10H,3-6,14H2,1-2H3,(H,15,16)(H,17,18). The summed E-state index contributed by atoms with van der Waals surface area (Å²) in [7, 11) is 0. The predicted octanol–water partition coefficient (Wildman–Crippen LogP) is 1.49. The van der Waals surface area contributed by atoms with Gasteiger partial charge in [0.05, 0.1) is 11.5 Å². The highest BCUT2D eigenvalue weighted by atomic mass is 16.2. The molecule has 0 spiro atoms. The molecule has 1 amide bonds. The van der Waals surface area contributed by atoms with E-state index in [0.717, 1.165) is 31.5 Å². The van der Waals surface area contributed by atoms with Gasteiger partial charge in [0.25, 0.3) is 0 Å². The Morgan fingerprint density at radius 2 is 2.56 bits per heavy atom. The topological polar surface area (TPSA) is 83.8 Å². The molecule has 5 nitrogen and oxygen atoms in total. The van der Waals surface area contributed by atoms with Gasteiger partial charge in [0, 0.05) is 18.4 Å². The second-order valence-corrected chi connectivity index (χ2v) is 5.32. The summed E-state index contributed by atoms with van der Waals surface area (Å²) in [5.41, 5.74) is 5.64. The SMILES string of the molecule is CCC(NC(=O)C1(C)CCCC1N)c1ncc[nH]1. The lowest BCUT2D eigenvalue weighted by atomic mass is 9.84. The van der Waals surface area contributed by atoms with Crippen molar-refractivity contribution in [2.75, 3.05) is 0 Å². The number of carbonyl (C=O) groups excluding carboxylic acids is 1. The molecule has 3 atom stereocenters. The van der Waals surface area contributed by atoms with Gasteiger partial charge in [-0.05, 0) is 26.2 Å². The third-order valence-electron chi connectivity index (χ3n) is 4.11. The van der Waals surface area contributed by atoms with Crippen LogP contribution in [0.5, 0.6) is 0 Å². The Morgan fingerprint density at radius 3 is 3.06 bits per heavy atom. The van der Waals surface area contributed by atoms with Gasteiger partial charge in [-0.3, -0.25) is 4.79 Å². The number of nitrogens with zero attached hydrogens (tertiary/aromatic N) is 1. The molecule has 4 N–H and O–H groups in total. The molecule has 0 saturated heterocycles. The molecule has 2 rings (SSSR count). The van der Waals surface area contributed by atoms with Crippen molar-refractivity contribution in [3.05, 3.63) is 18.2 Å². The summed E-state index contributed by atoms with van der Waals surface area (Å²) in [6, 6.07) is -0.0938. The molecule has 0 aliphatic heterocycles. The minimum Gasteiger partial charge on any atom is -0.347 e. The van der Waals surface area contributed by atoms with Crippen molar-refractivity contribution in [1.29, 1.82) is 0 Å². The maximum Gasteiger partial charge on any atom is 0.228 e. The van der Waals surface area contributed by atoms with E-state index >= 15 is 0 Å². The fourth-order valence-corrected chi connectivity index (χ4v) is 2.63. The molecule has 1 aliphatic rings. The summed E-state index contributed by atoms with van der Waals surface area (Å²) in [6.45, 7) is 4.00. The molecule has 1 fully saturated rings. The Bertz CT molecular complexity index is 403. The maximum atomic E-state index is 12.4. The second kappa shape index (κ2) is 5.10. The zero-order valence-corrected chi connectivity index (χ0v) is 11.1. The van der Waals surface area contributed by atoms with Crippen LogP contribution in [0.4, 0.5) is 0 Å². The van der Waals surface area contributed by atoms with Gasteiger partial charge in [0.15, 0.2) is 0 Å². The van der Waals surface area contributed by atoms with Crippen LogP contribution in [0.15, 0.2) is 12.4 Å². The highest BCUT2D eigenvalue weighted by Gasteiger charge is 2.43. The van der Waals surface area contributed by atoms with Crippen LogP contribution >= 0.6 is 0 Å². The molecule has 1 aliphatic carbocycles. The Morgan fingerprint density at radius 1 is 1.78 bits per heavy atom. The van der Waals surface area contributed by atoms with Crippen molar-refractivity contribution in [2.24, 2.45) is 11.1 Å². The van der Waals surface area contributed by atoms with E-state index < -0.39 is 5.41 Å². The summed E-state index contributed by atoms with van der Waals surface area (Å²) in [6.07, 6.45) is 7.11. The number of imidazole rings is 1. The van der Waals surface area contributed by atoms with Gasteiger partial charge >= 0.3 is 0 Å². The van der Waals surface area contributed by atoms with E-state index in [0.29, 0.717) is 0 Å². The van der Waals surface area contributed by atoms with Crippen LogP contribution in [-0.4, -0.2) is 21.9 Å². The highest BCUT2D eigenvalue weighted by molar-refractivity contribution is 5.83. The van der Waals surface area contributed by atoms with Gasteiger partial charge in [0.1, 0.15) is 5.82 Å². The second-order valence-electron chi connectivity index (χ2n) is 5.32. The zero-order chi connectivity index (χ0) is 13.2. The number of aromatic nitrogens is 2. The molecular weight excluding hydrogens is 228 g/mol. The first kappa shape index (κ1) is 13.1. The summed E-state index contributed by atoms with van der Waals surface area (Å²) in [5.74, 6) is 0.858. The molecule has 100 valence electrons. The average molecular weight is 250 g/mol. The molecule has 5 heteroatoms. The lowest BCUT2D eigenvalue weighted by Crippen LogP contribution is -2.48. The number of rotatable bonds is 4. The Hall–Kier alpha value is -1.36. The molecular formula is C13H22N4O. The quantitative estimate of drug-likeness (QED) is 0.757. The number of nitrogens with one attached hydrogen (secondary N) is 2. The van der Waals surface area contributed by atoms with Crippen molar-refractivity contribution in [3.63, 3.8) is 0 Å². The van der Waals surface area contributed by atoms with Crippen LogP contribution in [0, 0.1) is 5.41 Å². The number of hydrogen-bond donors (Lipinski definition) is 3. The van der Waals surface area contributed by atoms with Crippen LogP contribution in [-0.2, 0) is 4.79 Å². The number of H-pyrrole nitrogens is 1. The molecule has 0 aromatic carbocycles. The number of carbonyl (C=O) groups is 1. The van der Waals surface area contributed by atoms with Crippen molar-refractivity contribution in [2.45, 2.75) is 51.6 Å². The summed E-state index contributed by atoms with van der Waals surface area (Å²) < 4.78 is 0. The maximum absolute atomic E-state index is 12.4. The smallest absolute Gasteiger partial charge is 0.228 e. The number of amides is 1. The third-order valence-corrected chi connectivity index (χ3v) is 4.11. The third kappa shape index (κ3) is 2.27. The molecule has 1 heterocycles. The first-order valence-corrected chi connectivity index (χ1v) is 6.63. The normalized spacial score (nSPS) is 29.2. The van der Waals surface area contributed by atoms with Gasteiger partial charge in [0.2, 0.25) is 5.91 Å². The monoisotopic (exact) mass is 250 g/mol. The van der Waals surface area contributed by atoms with E-state index in [1.54, 1.807) is 12.4 Å². The van der Waals surface area contributed by atoms with E-state index in [2.05, 4.69) is 15.3 Å². The Balaban J connectivity index is 2.06. The number of hydrogen-bond acceptors (Lipinski definition) is 3. The largest absolute Gasteiger partial charge is 0.347 e. The van der Waals surface area contributed by atoms with Crippen LogP contribution in [0.2, 0.25) is 0 Å². The first-order valence-electron chi connectivity index (χ1n) is 6.63. The molecule has 3 unspecified atom stereocenters. The summed E-state index contributed by atoms with van der Waals surface area (Å²) in [4.78, 5) is 19.7. The molecule has 1 aromatic heterocycles. The first-order chi connectivity index (χ1) is 8.58. The number of aromatic amines is 1. The predicted molar refractivity (Wildman–Crippen MR) is 69.7 cm³/mol. The van der Waals surface area contributed by atoms with E-state index in [1.165, 1.54) is 0 Å². The van der Waals surface area contributed by atoms with Crippen LogP contribution in [0.1, 0.15) is 51.4 Å². The summed E-state index contributed by atoms with van der Waals surface area (Å²) in [5, 5.41) is 3.07. The van der Waals surface area contributed by atoms with Crippen molar-refractivity contribution in [1.82, 2.24) is 15.3 Å². The Kier molecular flexibility index (Phi) is 3.71. The molecule has 0 radical (unpaired) electrons. The van der Waals surface area contributed by atoms with E-state index in [-0.39, 0.29) is 18.0 Å². The van der Waals surface area contributed by atoms with Crippen molar-refractivity contribution in [3.8, 4) is 0 Å². The van der Waals surface area contributed by atoms with E-state index in [4.69, 9.17) is 5.73 Å². The van der Waals surface area contributed by atoms with Crippen LogP contribution in [0.25, 0.3) is 0 Å². The van der Waals surface area contributed by atoms with E-state index in [9.17, 15) is 4.79 Å².